The predicted molar refractivity (Wildman–Crippen MR) is 422 cm³/mol. The normalized spacial score (nSPS) is 11.2. The molecule has 0 saturated heterocycles. The quantitative estimate of drug-likeness (QED) is 0.103. The van der Waals surface area contributed by atoms with E-state index in [4.69, 9.17) is 4.74 Å². The van der Waals surface area contributed by atoms with Gasteiger partial charge in [-0.15, -0.1) is 0 Å². The first-order valence-corrected chi connectivity index (χ1v) is 34.5. The molecular weight excluding hydrogens is 1150 g/mol. The molecule has 0 aliphatic heterocycles. The molecule has 0 aromatic heterocycles. The van der Waals surface area contributed by atoms with Crippen LogP contribution in [0.2, 0.25) is 0 Å². The minimum Gasteiger partial charge on any atom is -0.457 e. The summed E-state index contributed by atoms with van der Waals surface area (Å²) in [7, 11) is 0. The lowest BCUT2D eigenvalue weighted by molar-refractivity contribution is 0.474. The van der Waals surface area contributed by atoms with Gasteiger partial charge in [0.15, 0.2) is 0 Å². The topological polar surface area (TPSA) is 9.23 Å². The molecule has 13 aromatic rings. The van der Waals surface area contributed by atoms with E-state index in [0.29, 0.717) is 29.6 Å². The summed E-state index contributed by atoms with van der Waals surface area (Å²) in [6.07, 6.45) is 0. The summed E-state index contributed by atoms with van der Waals surface area (Å²) >= 11 is 0. The maximum absolute atomic E-state index is 6.03. The first kappa shape index (κ1) is 72.1. The number of fused-ring (bicyclic) bond motifs is 2. The van der Waals surface area contributed by atoms with Crippen LogP contribution in [-0.4, -0.2) is 0 Å². The molecule has 1 heteroatoms. The predicted octanol–water partition coefficient (Wildman–Crippen LogP) is 28.7. The molecule has 1 nitrogen and oxygen atoms in total. The summed E-state index contributed by atoms with van der Waals surface area (Å²) in [5, 5.41) is 13.8. The highest BCUT2D eigenvalue weighted by molar-refractivity contribution is 6.23. The molecule has 0 bridgehead atoms. The van der Waals surface area contributed by atoms with Crippen LogP contribution in [-0.2, 0) is 0 Å². The van der Waals surface area contributed by atoms with Crippen molar-refractivity contribution in [1.29, 1.82) is 0 Å². The summed E-state index contributed by atoms with van der Waals surface area (Å²) in [6, 6.07) is 73.4. The number of ether oxygens (including phenoxy) is 1. The van der Waals surface area contributed by atoms with Crippen LogP contribution >= 0.6 is 0 Å². The smallest absolute Gasteiger partial charge is 0.133 e. The van der Waals surface area contributed by atoms with Crippen LogP contribution in [0, 0.1) is 83.1 Å². The molecule has 0 aliphatic rings. The molecule has 0 heterocycles. The molecule has 0 aliphatic carbocycles. The van der Waals surface area contributed by atoms with E-state index in [-0.39, 0.29) is 7.43 Å². The fourth-order valence-corrected chi connectivity index (χ4v) is 14.9. The maximum Gasteiger partial charge on any atom is 0.133 e. The third-order valence-electron chi connectivity index (χ3n) is 18.8. The van der Waals surface area contributed by atoms with Crippen molar-refractivity contribution < 1.29 is 4.74 Å². The van der Waals surface area contributed by atoms with Crippen molar-refractivity contribution in [2.45, 2.75) is 189 Å². The highest BCUT2D eigenvalue weighted by Crippen LogP contribution is 2.41. The number of rotatable bonds is 9. The fraction of sp³-hybridized carbons (Fsp3) is 0.298. The van der Waals surface area contributed by atoms with E-state index in [9.17, 15) is 0 Å². The molecule has 0 fully saturated rings. The average molecular weight is 1250 g/mol. The molecule has 0 spiro atoms. The zero-order chi connectivity index (χ0) is 68.0. The Morgan fingerprint density at radius 3 is 1.06 bits per heavy atom. The van der Waals surface area contributed by atoms with Gasteiger partial charge in [-0.1, -0.05) is 275 Å². The van der Waals surface area contributed by atoms with E-state index >= 15 is 0 Å². The van der Waals surface area contributed by atoms with Gasteiger partial charge in [-0.05, 0) is 285 Å². The monoisotopic (exact) mass is 1250 g/mol. The average Bonchev–Trinajstić information content (AvgIpc) is 0.744. The van der Waals surface area contributed by atoms with Crippen LogP contribution in [0.25, 0.3) is 76.1 Å². The van der Waals surface area contributed by atoms with E-state index in [1.165, 1.54) is 171 Å². The van der Waals surface area contributed by atoms with E-state index in [1.54, 1.807) is 0 Å². The first-order chi connectivity index (χ1) is 44.7. The first-order valence-electron chi connectivity index (χ1n) is 34.5. The van der Waals surface area contributed by atoms with Crippen molar-refractivity contribution in [2.75, 3.05) is 0 Å². The summed E-state index contributed by atoms with van der Waals surface area (Å²) in [4.78, 5) is 0. The fourth-order valence-electron chi connectivity index (χ4n) is 14.9. The third kappa shape index (κ3) is 16.7. The Kier molecular flexibility index (Phi) is 23.7. The van der Waals surface area contributed by atoms with E-state index in [2.05, 4.69) is 340 Å². The maximum atomic E-state index is 6.03. The van der Waals surface area contributed by atoms with Gasteiger partial charge in [0.2, 0.25) is 0 Å². The Morgan fingerprint density at radius 1 is 0.263 bits per heavy atom. The Bertz CT molecular complexity index is 4550. The molecule has 0 radical (unpaired) electrons. The minimum atomic E-state index is 0. The van der Waals surface area contributed by atoms with Gasteiger partial charge in [0.25, 0.3) is 0 Å². The zero-order valence-corrected chi connectivity index (χ0v) is 60.8. The van der Waals surface area contributed by atoms with Crippen LogP contribution < -0.4 is 4.74 Å². The second-order valence-corrected chi connectivity index (χ2v) is 28.6. The van der Waals surface area contributed by atoms with Crippen LogP contribution in [0.5, 0.6) is 11.5 Å². The van der Waals surface area contributed by atoms with Crippen molar-refractivity contribution in [1.82, 2.24) is 0 Å². The van der Waals surface area contributed by atoms with Gasteiger partial charge in [-0.3, -0.25) is 0 Å². The summed E-state index contributed by atoms with van der Waals surface area (Å²) in [5.41, 5.74) is 28.6. The Labute approximate surface area is 573 Å². The molecule has 0 atom stereocenters. The number of aryl methyl sites for hydroxylation is 12. The molecule has 13 rings (SSSR count). The number of hydrogen-bond acceptors (Lipinski definition) is 1. The molecule has 0 amide bonds. The Hall–Kier alpha value is -8.78. The van der Waals surface area contributed by atoms with Gasteiger partial charge in [0, 0.05) is 0 Å². The van der Waals surface area contributed by atoms with E-state index < -0.39 is 0 Å². The SMILES string of the molecule is C.CC(C)c1c2ccccc2cc2ccccc12.CC(C)c1ccc2ccc3cccc4ccc1c2c34.Cc1cc(C)c(-c2cc(-c3c(C)cc(C)cc3C)cc(C(C)C)c2)c(C)c1.Cc1cc(C)c(C(C)C)c(C)c1.Cc1cc(C)c(Oc2ccc(C(C)C)cc2)c(C)c1. The van der Waals surface area contributed by atoms with E-state index in [1.807, 2.05) is 12.1 Å². The van der Waals surface area contributed by atoms with Crippen LogP contribution in [0.4, 0.5) is 0 Å². The zero-order valence-electron chi connectivity index (χ0n) is 60.8. The highest BCUT2D eigenvalue weighted by atomic mass is 16.5. The minimum absolute atomic E-state index is 0. The van der Waals surface area contributed by atoms with Crippen molar-refractivity contribution in [2.24, 2.45) is 0 Å². The lowest BCUT2D eigenvalue weighted by Gasteiger charge is -2.19. The van der Waals surface area contributed by atoms with Gasteiger partial charge in [0.05, 0.1) is 0 Å². The van der Waals surface area contributed by atoms with Crippen molar-refractivity contribution >= 4 is 53.9 Å². The Balaban J connectivity index is 0.000000155. The van der Waals surface area contributed by atoms with Gasteiger partial charge in [-0.25, -0.2) is 0 Å². The van der Waals surface area contributed by atoms with Crippen molar-refractivity contribution in [3.8, 4) is 33.8 Å². The van der Waals surface area contributed by atoms with Crippen LogP contribution in [0.15, 0.2) is 200 Å². The molecule has 0 saturated carbocycles. The molecule has 13 aromatic carbocycles. The summed E-state index contributed by atoms with van der Waals surface area (Å²) in [5.74, 6) is 4.68. The second kappa shape index (κ2) is 31.2. The molecule has 0 unspecified atom stereocenters. The third-order valence-corrected chi connectivity index (χ3v) is 18.8. The van der Waals surface area contributed by atoms with Gasteiger partial charge >= 0.3 is 0 Å². The molecule has 0 N–H and O–H groups in total. The lowest BCUT2D eigenvalue weighted by atomic mass is 9.86. The summed E-state index contributed by atoms with van der Waals surface area (Å²) < 4.78 is 6.03. The molecule has 490 valence electrons. The van der Waals surface area contributed by atoms with Crippen molar-refractivity contribution in [3.63, 3.8) is 0 Å². The van der Waals surface area contributed by atoms with Gasteiger partial charge in [0.1, 0.15) is 11.5 Å². The second-order valence-electron chi connectivity index (χ2n) is 28.6. The van der Waals surface area contributed by atoms with Crippen molar-refractivity contribution in [3.05, 3.63) is 295 Å². The highest BCUT2D eigenvalue weighted by Gasteiger charge is 2.17. The number of hydrogen-bond donors (Lipinski definition) is 0. The van der Waals surface area contributed by atoms with Gasteiger partial charge < -0.3 is 4.74 Å². The Morgan fingerprint density at radius 2 is 0.642 bits per heavy atom. The largest absolute Gasteiger partial charge is 0.457 e. The standard InChI is InChI=1S/C27H32.C19H16.C18H22O.C17H16.C12H18.CH4/c1-16(2)23-13-24(26-19(5)9-17(3)10-20(26)6)15-25(14-23)27-21(7)11-18(4)12-22(27)8;1-12(2)16-10-8-15-7-6-13-4-3-5-14-9-11-17(16)19(15)18(13)14;1-12(2)16-6-8-17(9-7-16)19-18-14(4)10-13(3)11-15(18)5;1-12(2)17-15-9-5-3-7-13(15)11-14-8-4-6-10-16(14)17;1-8(2)12-10(4)6-9(3)7-11(12)5;/h9-16H,1-8H3;3-12H,1-2H3;6-12H,1-5H3;3-12H,1-2H3;6-8H,1-5H3;1H4. The molecular formula is C94H108O. The van der Waals surface area contributed by atoms with E-state index in [0.717, 1.165) is 11.5 Å². The van der Waals surface area contributed by atoms with Gasteiger partial charge in [-0.2, -0.15) is 0 Å². The molecule has 95 heavy (non-hydrogen) atoms. The lowest BCUT2D eigenvalue weighted by Crippen LogP contribution is -1.97. The summed E-state index contributed by atoms with van der Waals surface area (Å²) in [6.45, 7) is 48.7. The number of benzene rings is 13. The van der Waals surface area contributed by atoms with Crippen LogP contribution in [0.1, 0.15) is 201 Å². The van der Waals surface area contributed by atoms with Crippen LogP contribution in [0.3, 0.4) is 0 Å².